The van der Waals surface area contributed by atoms with Crippen molar-refractivity contribution in [2.45, 2.75) is 131 Å². The van der Waals surface area contributed by atoms with Gasteiger partial charge in [0.15, 0.2) is 29.0 Å². The third kappa shape index (κ3) is 23.4. The number of benzene rings is 4. The van der Waals surface area contributed by atoms with Crippen LogP contribution in [-0.4, -0.2) is 128 Å². The summed E-state index contributed by atoms with van der Waals surface area (Å²) in [6.07, 6.45) is 13.1. The maximum absolute atomic E-state index is 12.8. The van der Waals surface area contributed by atoms with E-state index in [9.17, 15) is 4.79 Å². The van der Waals surface area contributed by atoms with Crippen LogP contribution in [0.1, 0.15) is 136 Å². The standard InChI is InChI=1S/C63H88N2O11.C2H6.2CH4O/c1-16-25-49-40-59(71-12)61(73-14)42-51(49)53(29-22-28-47-36-55(67-8)45(4)56(37-47)68-9)64(6)31-23-33-75-44(3)27-20-18-19-21-30-63(66)76-34-24-32-65(7)54(35-48-38-57(69-10)46(5)58(39-48)70-11)52-43-62(74-15)60(72-13)41-50(52)26-17-2;3*1-2/h18-19,36-43,53-54H,3,16-17,20-21,23-28,30-35H2,1-2,4-15H3;1-2H3;2*2H,1H3/p+2/b19-18+;;;/t53?,54-;;;/m1.../s1. The molecule has 4 aromatic rings. The average Bonchev–Trinajstić information content (AvgIpc) is 3.56. The van der Waals surface area contributed by atoms with Crippen LogP contribution in [0.5, 0.6) is 46.0 Å². The number of aliphatic hydroxyl groups is 2. The lowest BCUT2D eigenvalue weighted by Crippen LogP contribution is -3.09. The zero-order valence-corrected chi connectivity index (χ0v) is 53.3. The quantitative estimate of drug-likeness (QED) is 0.0115. The highest BCUT2D eigenvalue weighted by atomic mass is 16.5. The number of rotatable bonds is 34. The van der Waals surface area contributed by atoms with Crippen molar-refractivity contribution in [2.75, 3.05) is 111 Å². The van der Waals surface area contributed by atoms with Crippen molar-refractivity contribution >= 4 is 5.97 Å². The van der Waals surface area contributed by atoms with Gasteiger partial charge in [-0.1, -0.05) is 65.2 Å². The third-order valence-electron chi connectivity index (χ3n) is 14.0. The predicted octanol–water partition coefficient (Wildman–Crippen LogP) is 9.79. The molecule has 4 N–H and O–H groups in total. The molecule has 0 amide bonds. The molecule has 4 aromatic carbocycles. The van der Waals surface area contributed by atoms with E-state index in [2.05, 4.69) is 88.8 Å². The molecule has 82 heavy (non-hydrogen) atoms. The maximum Gasteiger partial charge on any atom is 0.306 e. The summed E-state index contributed by atoms with van der Waals surface area (Å²) >= 11 is 0. The molecule has 4 atom stereocenters. The van der Waals surface area contributed by atoms with Gasteiger partial charge in [-0.15, -0.1) is 0 Å². The number of methoxy groups -OCH3 is 8. The largest absolute Gasteiger partial charge is 0.498 e. The average molecular weight is 1150 g/mol. The fourth-order valence-corrected chi connectivity index (χ4v) is 9.69. The van der Waals surface area contributed by atoms with Gasteiger partial charge in [-0.05, 0) is 116 Å². The summed E-state index contributed by atoms with van der Waals surface area (Å²) in [5.41, 5.74) is 8.82. The normalized spacial score (nSPS) is 12.0. The summed E-state index contributed by atoms with van der Waals surface area (Å²) in [5, 5.41) is 14.0. The Balaban J connectivity index is 0.00000541. The Hall–Kier alpha value is -6.57. The number of hydrogen-bond acceptors (Lipinski definition) is 13. The minimum Gasteiger partial charge on any atom is -0.498 e. The van der Waals surface area contributed by atoms with Crippen LogP contribution in [0, 0.1) is 25.7 Å². The van der Waals surface area contributed by atoms with Gasteiger partial charge in [0.05, 0.1) is 103 Å². The van der Waals surface area contributed by atoms with Crippen molar-refractivity contribution < 1.29 is 72.2 Å². The first-order valence-electron chi connectivity index (χ1n) is 28.8. The van der Waals surface area contributed by atoms with Gasteiger partial charge in [0.25, 0.3) is 0 Å². The molecule has 0 fully saturated rings. The van der Waals surface area contributed by atoms with Crippen LogP contribution < -0.4 is 47.7 Å². The minimum absolute atomic E-state index is 0.0645. The number of aliphatic hydroxyl groups excluding tert-OH is 2. The van der Waals surface area contributed by atoms with Gasteiger partial charge in [0.2, 0.25) is 0 Å². The van der Waals surface area contributed by atoms with Gasteiger partial charge >= 0.3 is 5.97 Å². The molecular formula is C67H104N2O13+2. The highest BCUT2D eigenvalue weighted by molar-refractivity contribution is 5.69. The van der Waals surface area contributed by atoms with Gasteiger partial charge in [0.1, 0.15) is 29.0 Å². The summed E-state index contributed by atoms with van der Waals surface area (Å²) in [6, 6.07) is 16.6. The summed E-state index contributed by atoms with van der Waals surface area (Å²) in [4.78, 5) is 15.4. The van der Waals surface area contributed by atoms with Gasteiger partial charge in [-0.3, -0.25) is 4.79 Å². The smallest absolute Gasteiger partial charge is 0.306 e. The number of allylic oxidation sites excluding steroid dienone is 3. The second kappa shape index (κ2) is 42.3. The summed E-state index contributed by atoms with van der Waals surface area (Å²) in [7, 11) is 19.8. The molecule has 0 aliphatic rings. The van der Waals surface area contributed by atoms with E-state index in [0.29, 0.717) is 62.6 Å². The molecule has 0 saturated heterocycles. The summed E-state index contributed by atoms with van der Waals surface area (Å²) < 4.78 is 57.6. The van der Waals surface area contributed by atoms with Crippen LogP contribution >= 0.6 is 0 Å². The summed E-state index contributed by atoms with van der Waals surface area (Å²) in [6.45, 7) is 19.1. The molecule has 0 aliphatic carbocycles. The van der Waals surface area contributed by atoms with Crippen LogP contribution in [0.4, 0.5) is 0 Å². The third-order valence-corrected chi connectivity index (χ3v) is 14.0. The Kier molecular flexibility index (Phi) is 37.9. The Bertz CT molecular complexity index is 2520. The maximum atomic E-state index is 12.8. The molecule has 0 spiro atoms. The van der Waals surface area contributed by atoms with Crippen LogP contribution in [0.15, 0.2) is 73.0 Å². The van der Waals surface area contributed by atoms with Gasteiger partial charge in [0, 0.05) is 75.0 Å². The molecule has 0 aromatic heterocycles. The number of aryl methyl sites for hydroxylation is 2. The molecule has 458 valence electrons. The van der Waals surface area contributed by atoms with E-state index < -0.39 is 0 Å². The highest BCUT2D eigenvalue weighted by Crippen LogP contribution is 2.37. The van der Waals surface area contributed by atoms with E-state index in [0.717, 1.165) is 135 Å². The first kappa shape index (κ1) is 73.4. The first-order chi connectivity index (χ1) is 39.7. The van der Waals surface area contributed by atoms with E-state index >= 15 is 0 Å². The lowest BCUT2D eigenvalue weighted by atomic mass is 9.90. The molecule has 0 aliphatic heterocycles. The lowest BCUT2D eigenvalue weighted by molar-refractivity contribution is -0.912. The van der Waals surface area contributed by atoms with E-state index in [-0.39, 0.29) is 18.1 Å². The van der Waals surface area contributed by atoms with Crippen molar-refractivity contribution in [1.29, 1.82) is 0 Å². The monoisotopic (exact) mass is 1140 g/mol. The molecular weight excluding hydrogens is 1040 g/mol. The fraction of sp³-hybridized carbons (Fsp3) is 0.537. The Morgan fingerprint density at radius 2 is 0.963 bits per heavy atom. The van der Waals surface area contributed by atoms with Crippen molar-refractivity contribution in [3.05, 3.63) is 118 Å². The van der Waals surface area contributed by atoms with Crippen LogP contribution in [0.25, 0.3) is 0 Å². The van der Waals surface area contributed by atoms with Crippen molar-refractivity contribution in [2.24, 2.45) is 0 Å². The number of hydrogen-bond donors (Lipinski definition) is 4. The number of carbonyl (C=O) groups excluding carboxylic acids is 1. The topological polar surface area (TPSA) is 159 Å². The van der Waals surface area contributed by atoms with Gasteiger partial charge in [-0.25, -0.2) is 0 Å². The van der Waals surface area contributed by atoms with E-state index in [1.165, 1.54) is 26.5 Å². The van der Waals surface area contributed by atoms with Crippen molar-refractivity contribution in [1.82, 2.24) is 0 Å². The zero-order valence-electron chi connectivity index (χ0n) is 53.3. The molecule has 4 rings (SSSR count). The van der Waals surface area contributed by atoms with Crippen LogP contribution in [-0.2, 0) is 40.0 Å². The zero-order chi connectivity index (χ0) is 61.6. The molecule has 0 saturated carbocycles. The highest BCUT2D eigenvalue weighted by Gasteiger charge is 2.28. The Labute approximate surface area is 493 Å². The second-order valence-electron chi connectivity index (χ2n) is 19.3. The molecule has 3 unspecified atom stereocenters. The van der Waals surface area contributed by atoms with Gasteiger partial charge < -0.3 is 67.4 Å². The first-order valence-corrected chi connectivity index (χ1v) is 28.8. The van der Waals surface area contributed by atoms with E-state index in [4.69, 9.17) is 57.6 Å². The van der Waals surface area contributed by atoms with Crippen LogP contribution in [0.2, 0.25) is 0 Å². The number of likely N-dealkylation sites (N-methyl/N-ethyl adjacent to an activating group) is 1. The van der Waals surface area contributed by atoms with E-state index in [1.54, 1.807) is 56.9 Å². The Morgan fingerprint density at radius 3 is 1.43 bits per heavy atom. The molecule has 15 nitrogen and oxygen atoms in total. The number of ether oxygens (including phenoxy) is 10. The minimum atomic E-state index is -0.198. The number of esters is 1. The fourth-order valence-electron chi connectivity index (χ4n) is 9.69. The van der Waals surface area contributed by atoms with Gasteiger partial charge in [-0.2, -0.15) is 0 Å². The number of nitrogens with one attached hydrogen (secondary N) is 2. The van der Waals surface area contributed by atoms with Crippen molar-refractivity contribution in [3.63, 3.8) is 0 Å². The SMILES string of the molecule is C=C(CC/C=C/CCC(=O)OCCC[NH+](C)[C@H](Cc1cc(OC)c(C)c(OC)c1)c1cc(OC)c(OC)cc1CCC)OCCC[NH+](C)C(C#CCc1cc(OC)c(C)c(OC)c1)c1cc(OC)c(OC)cc1CCC.CC.CO.CO. The Morgan fingerprint density at radius 1 is 0.561 bits per heavy atom. The molecule has 0 bridgehead atoms. The molecule has 15 heteroatoms. The van der Waals surface area contributed by atoms with Crippen molar-refractivity contribution in [3.8, 4) is 57.8 Å². The number of quaternary nitrogens is 2. The van der Waals surface area contributed by atoms with Crippen LogP contribution in [0.3, 0.4) is 0 Å². The molecule has 0 heterocycles. The number of carbonyl (C=O) groups is 1. The second-order valence-corrected chi connectivity index (χ2v) is 19.3. The molecule has 0 radical (unpaired) electrons. The predicted molar refractivity (Wildman–Crippen MR) is 330 cm³/mol. The lowest BCUT2D eigenvalue weighted by Gasteiger charge is -2.29. The van der Waals surface area contributed by atoms with E-state index in [1.807, 2.05) is 45.9 Å². The summed E-state index contributed by atoms with van der Waals surface area (Å²) in [5.74, 6) is 13.6.